The highest BCUT2D eigenvalue weighted by molar-refractivity contribution is 5.37. The smallest absolute Gasteiger partial charge is 0.202 e. The predicted molar refractivity (Wildman–Crippen MR) is 82.3 cm³/mol. The molecule has 0 aliphatic heterocycles. The van der Waals surface area contributed by atoms with Crippen LogP contribution in [0.3, 0.4) is 0 Å². The summed E-state index contributed by atoms with van der Waals surface area (Å²) in [6.07, 6.45) is 3.94. The molecule has 0 saturated carbocycles. The molecule has 1 atom stereocenters. The molecular formula is C18H26F2. The van der Waals surface area contributed by atoms with Crippen LogP contribution in [0.4, 0.5) is 8.78 Å². The molecule has 0 nitrogen and oxygen atoms in total. The van der Waals surface area contributed by atoms with Crippen molar-refractivity contribution in [3.05, 3.63) is 47.5 Å². The normalized spacial score (nSPS) is 14.9. The zero-order valence-electron chi connectivity index (χ0n) is 13.1. The lowest BCUT2D eigenvalue weighted by Crippen LogP contribution is -2.27. The Morgan fingerprint density at radius 1 is 1.05 bits per heavy atom. The van der Waals surface area contributed by atoms with E-state index >= 15 is 0 Å². The average molecular weight is 280 g/mol. The van der Waals surface area contributed by atoms with Gasteiger partial charge in [-0.15, -0.1) is 0 Å². The van der Waals surface area contributed by atoms with Crippen LogP contribution in [0.2, 0.25) is 0 Å². The Morgan fingerprint density at radius 2 is 1.55 bits per heavy atom. The number of alkyl halides is 2. The maximum Gasteiger partial charge on any atom is 0.270 e. The van der Waals surface area contributed by atoms with Gasteiger partial charge in [0, 0.05) is 17.9 Å². The molecule has 1 rings (SSSR count). The fourth-order valence-electron chi connectivity index (χ4n) is 3.00. The molecule has 0 aliphatic rings. The summed E-state index contributed by atoms with van der Waals surface area (Å²) in [5, 5.41) is 0. The van der Waals surface area contributed by atoms with E-state index in [-0.39, 0.29) is 11.0 Å². The van der Waals surface area contributed by atoms with E-state index < -0.39 is 5.92 Å². The number of benzene rings is 1. The zero-order chi connectivity index (χ0) is 15.4. The first-order valence-electron chi connectivity index (χ1n) is 7.48. The standard InChI is InChI=1S/C18H26F2/c1-6-13-18(8-3,14(4)7-2)16-11-9-15(10-12-16)17(5,19)20/h9-12H,4,6-8,13H2,1-3,5H3. The van der Waals surface area contributed by atoms with Gasteiger partial charge < -0.3 is 0 Å². The molecule has 1 aromatic rings. The molecule has 0 saturated heterocycles. The molecule has 0 amide bonds. The Labute approximate surface area is 121 Å². The van der Waals surface area contributed by atoms with Crippen LogP contribution in [0.5, 0.6) is 0 Å². The summed E-state index contributed by atoms with van der Waals surface area (Å²) in [5.74, 6) is -2.78. The summed E-state index contributed by atoms with van der Waals surface area (Å²) in [6.45, 7) is 11.6. The molecule has 20 heavy (non-hydrogen) atoms. The third kappa shape index (κ3) is 3.28. The van der Waals surface area contributed by atoms with E-state index in [0.717, 1.165) is 38.2 Å². The van der Waals surface area contributed by atoms with Gasteiger partial charge in [0.2, 0.25) is 0 Å². The summed E-state index contributed by atoms with van der Waals surface area (Å²) < 4.78 is 26.6. The first-order chi connectivity index (χ1) is 9.31. The molecule has 1 unspecified atom stereocenters. The second kappa shape index (κ2) is 6.51. The van der Waals surface area contributed by atoms with Crippen LogP contribution in [0.25, 0.3) is 0 Å². The van der Waals surface area contributed by atoms with E-state index in [1.807, 2.05) is 12.1 Å². The van der Waals surface area contributed by atoms with Gasteiger partial charge >= 0.3 is 0 Å². The van der Waals surface area contributed by atoms with E-state index in [0.29, 0.717) is 0 Å². The van der Waals surface area contributed by atoms with Crippen molar-refractivity contribution in [3.8, 4) is 0 Å². The Hall–Kier alpha value is -1.18. The average Bonchev–Trinajstić information content (AvgIpc) is 2.43. The van der Waals surface area contributed by atoms with Crippen molar-refractivity contribution in [3.63, 3.8) is 0 Å². The lowest BCUT2D eigenvalue weighted by molar-refractivity contribution is 0.0174. The van der Waals surface area contributed by atoms with Gasteiger partial charge in [-0.25, -0.2) is 8.78 Å². The van der Waals surface area contributed by atoms with Crippen LogP contribution in [-0.4, -0.2) is 0 Å². The third-order valence-electron chi connectivity index (χ3n) is 4.33. The Morgan fingerprint density at radius 3 is 1.90 bits per heavy atom. The first kappa shape index (κ1) is 16.9. The van der Waals surface area contributed by atoms with Crippen LogP contribution in [0.15, 0.2) is 36.4 Å². The van der Waals surface area contributed by atoms with Gasteiger partial charge in [-0.1, -0.05) is 63.6 Å². The largest absolute Gasteiger partial charge is 0.270 e. The van der Waals surface area contributed by atoms with Crippen LogP contribution in [0.1, 0.15) is 64.5 Å². The summed E-state index contributed by atoms with van der Waals surface area (Å²) in [4.78, 5) is 0. The van der Waals surface area contributed by atoms with Gasteiger partial charge in [0.1, 0.15) is 0 Å². The van der Waals surface area contributed by atoms with E-state index in [1.54, 1.807) is 12.1 Å². The summed E-state index contributed by atoms with van der Waals surface area (Å²) in [5.41, 5.74) is 2.30. The molecule has 0 N–H and O–H groups in total. The highest BCUT2D eigenvalue weighted by atomic mass is 19.3. The fourth-order valence-corrected chi connectivity index (χ4v) is 3.00. The molecular weight excluding hydrogens is 254 g/mol. The number of hydrogen-bond donors (Lipinski definition) is 0. The van der Waals surface area contributed by atoms with Crippen molar-refractivity contribution in [2.24, 2.45) is 0 Å². The maximum absolute atomic E-state index is 13.3. The first-order valence-corrected chi connectivity index (χ1v) is 7.48. The molecule has 0 radical (unpaired) electrons. The van der Waals surface area contributed by atoms with E-state index in [1.165, 1.54) is 5.57 Å². The second-order valence-electron chi connectivity index (χ2n) is 5.61. The molecule has 112 valence electrons. The molecule has 0 heterocycles. The molecule has 2 heteroatoms. The van der Waals surface area contributed by atoms with Crippen LogP contribution < -0.4 is 0 Å². The van der Waals surface area contributed by atoms with Crippen molar-refractivity contribution in [1.29, 1.82) is 0 Å². The molecule has 0 bridgehead atoms. The molecule has 0 aliphatic carbocycles. The van der Waals surface area contributed by atoms with E-state index in [9.17, 15) is 8.78 Å². The molecule has 0 fully saturated rings. The summed E-state index contributed by atoms with van der Waals surface area (Å²) in [6, 6.07) is 6.82. The van der Waals surface area contributed by atoms with Crippen molar-refractivity contribution in [2.75, 3.05) is 0 Å². The summed E-state index contributed by atoms with van der Waals surface area (Å²) >= 11 is 0. The Kier molecular flexibility index (Phi) is 5.50. The highest BCUT2D eigenvalue weighted by Gasteiger charge is 2.32. The molecule has 0 spiro atoms. The topological polar surface area (TPSA) is 0 Å². The molecule has 1 aromatic carbocycles. The van der Waals surface area contributed by atoms with Gasteiger partial charge in [0.05, 0.1) is 0 Å². The number of hydrogen-bond acceptors (Lipinski definition) is 0. The highest BCUT2D eigenvalue weighted by Crippen LogP contribution is 2.41. The van der Waals surface area contributed by atoms with Crippen LogP contribution in [-0.2, 0) is 11.3 Å². The SMILES string of the molecule is C=C(CC)C(CC)(CCC)c1ccc(C(C)(F)F)cc1. The minimum absolute atomic E-state index is 0.0739. The number of allylic oxidation sites excluding steroid dienone is 1. The monoisotopic (exact) mass is 280 g/mol. The van der Waals surface area contributed by atoms with Crippen molar-refractivity contribution < 1.29 is 8.78 Å². The second-order valence-corrected chi connectivity index (χ2v) is 5.61. The number of halogens is 2. The maximum atomic E-state index is 13.3. The fraction of sp³-hybridized carbons (Fsp3) is 0.556. The van der Waals surface area contributed by atoms with E-state index in [4.69, 9.17) is 0 Å². The van der Waals surface area contributed by atoms with E-state index in [2.05, 4.69) is 27.4 Å². The lowest BCUT2D eigenvalue weighted by atomic mass is 9.68. The van der Waals surface area contributed by atoms with Gasteiger partial charge in [0.15, 0.2) is 0 Å². The zero-order valence-corrected chi connectivity index (χ0v) is 13.1. The minimum atomic E-state index is -2.78. The van der Waals surface area contributed by atoms with Gasteiger partial charge in [-0.3, -0.25) is 0 Å². The van der Waals surface area contributed by atoms with Gasteiger partial charge in [-0.2, -0.15) is 0 Å². The lowest BCUT2D eigenvalue weighted by Gasteiger charge is -2.35. The molecule has 0 aromatic heterocycles. The number of rotatable bonds is 7. The van der Waals surface area contributed by atoms with Crippen molar-refractivity contribution in [1.82, 2.24) is 0 Å². The summed E-state index contributed by atoms with van der Waals surface area (Å²) in [7, 11) is 0. The van der Waals surface area contributed by atoms with Crippen LogP contribution >= 0.6 is 0 Å². The Bertz CT molecular complexity index is 439. The van der Waals surface area contributed by atoms with Crippen molar-refractivity contribution >= 4 is 0 Å². The van der Waals surface area contributed by atoms with Crippen molar-refractivity contribution in [2.45, 2.75) is 64.7 Å². The quantitative estimate of drug-likeness (QED) is 0.521. The third-order valence-corrected chi connectivity index (χ3v) is 4.33. The predicted octanol–water partition coefficient (Wildman–Crippen LogP) is 6.21. The Balaban J connectivity index is 3.25. The van der Waals surface area contributed by atoms with Gasteiger partial charge in [0.25, 0.3) is 5.92 Å². The van der Waals surface area contributed by atoms with Crippen LogP contribution in [0, 0.1) is 0 Å². The minimum Gasteiger partial charge on any atom is -0.202 e. The van der Waals surface area contributed by atoms with Gasteiger partial charge in [-0.05, 0) is 24.8 Å².